The summed E-state index contributed by atoms with van der Waals surface area (Å²) in [6.07, 6.45) is 0. The Hall–Kier alpha value is -2.57. The number of rotatable bonds is 4. The van der Waals surface area contributed by atoms with Gasteiger partial charge >= 0.3 is 0 Å². The molecule has 0 saturated heterocycles. The molecule has 0 spiro atoms. The second-order valence-electron chi connectivity index (χ2n) is 4.13. The SMILES string of the molecule is O=C(CNc1cc(F)c(F)cc1F)Nc1ccccc1F. The molecule has 0 saturated carbocycles. The maximum atomic E-state index is 13.3. The summed E-state index contributed by atoms with van der Waals surface area (Å²) in [5.74, 6) is -4.89. The molecule has 0 unspecified atom stereocenters. The quantitative estimate of drug-likeness (QED) is 0.672. The van der Waals surface area contributed by atoms with Gasteiger partial charge in [-0.3, -0.25) is 4.79 Å². The number of hydrogen-bond acceptors (Lipinski definition) is 2. The van der Waals surface area contributed by atoms with Crippen LogP contribution in [-0.2, 0) is 4.79 Å². The van der Waals surface area contributed by atoms with Gasteiger partial charge in [-0.2, -0.15) is 0 Å². The lowest BCUT2D eigenvalue weighted by Gasteiger charge is -2.09. The van der Waals surface area contributed by atoms with E-state index in [0.717, 1.165) is 6.07 Å². The standard InChI is InChI=1S/C14H10F4N2O/c15-8-3-1-2-4-12(8)20-14(21)7-19-13-6-10(17)9(16)5-11(13)18/h1-6,19H,7H2,(H,20,21). The summed E-state index contributed by atoms with van der Waals surface area (Å²) in [5.41, 5.74) is -0.396. The lowest BCUT2D eigenvalue weighted by atomic mass is 10.2. The van der Waals surface area contributed by atoms with Crippen LogP contribution in [0, 0.1) is 23.3 Å². The highest BCUT2D eigenvalue weighted by Gasteiger charge is 2.11. The van der Waals surface area contributed by atoms with E-state index in [2.05, 4.69) is 10.6 Å². The molecule has 0 heterocycles. The van der Waals surface area contributed by atoms with Crippen LogP contribution < -0.4 is 10.6 Å². The van der Waals surface area contributed by atoms with E-state index in [0.29, 0.717) is 12.1 Å². The zero-order chi connectivity index (χ0) is 15.4. The molecule has 0 aromatic heterocycles. The monoisotopic (exact) mass is 298 g/mol. The summed E-state index contributed by atoms with van der Waals surface area (Å²) in [7, 11) is 0. The first-order chi connectivity index (χ1) is 9.97. The van der Waals surface area contributed by atoms with E-state index in [4.69, 9.17) is 0 Å². The van der Waals surface area contributed by atoms with Crippen molar-refractivity contribution in [3.8, 4) is 0 Å². The fourth-order valence-corrected chi connectivity index (χ4v) is 1.59. The van der Waals surface area contributed by atoms with Crippen LogP contribution in [0.2, 0.25) is 0 Å². The minimum absolute atomic E-state index is 0.0324. The Morgan fingerprint density at radius 1 is 0.857 bits per heavy atom. The van der Waals surface area contributed by atoms with Crippen LogP contribution in [-0.4, -0.2) is 12.5 Å². The molecular formula is C14H10F4N2O. The van der Waals surface area contributed by atoms with Crippen molar-refractivity contribution in [2.75, 3.05) is 17.2 Å². The third-order valence-electron chi connectivity index (χ3n) is 2.60. The summed E-state index contributed by atoms with van der Waals surface area (Å²) in [6.45, 7) is -0.434. The molecule has 0 aliphatic heterocycles. The van der Waals surface area contributed by atoms with Crippen molar-refractivity contribution in [1.29, 1.82) is 0 Å². The number of para-hydroxylation sites is 1. The normalized spacial score (nSPS) is 10.3. The largest absolute Gasteiger partial charge is 0.374 e. The summed E-state index contributed by atoms with van der Waals surface area (Å²) >= 11 is 0. The van der Waals surface area contributed by atoms with Crippen LogP contribution in [0.5, 0.6) is 0 Å². The molecule has 0 bridgehead atoms. The van der Waals surface area contributed by atoms with E-state index in [-0.39, 0.29) is 11.4 Å². The second kappa shape index (κ2) is 6.25. The van der Waals surface area contributed by atoms with Crippen LogP contribution >= 0.6 is 0 Å². The molecule has 1 amide bonds. The van der Waals surface area contributed by atoms with Gasteiger partial charge in [0, 0.05) is 12.1 Å². The smallest absolute Gasteiger partial charge is 0.243 e. The van der Waals surface area contributed by atoms with Crippen molar-refractivity contribution in [1.82, 2.24) is 0 Å². The zero-order valence-corrected chi connectivity index (χ0v) is 10.6. The van der Waals surface area contributed by atoms with E-state index < -0.39 is 35.7 Å². The summed E-state index contributed by atoms with van der Waals surface area (Å²) in [6, 6.07) is 6.47. The zero-order valence-electron chi connectivity index (χ0n) is 10.6. The summed E-state index contributed by atoms with van der Waals surface area (Å²) in [4.78, 5) is 11.6. The van der Waals surface area contributed by atoms with Gasteiger partial charge in [-0.05, 0) is 12.1 Å². The number of halogens is 4. The van der Waals surface area contributed by atoms with Crippen LogP contribution in [0.4, 0.5) is 28.9 Å². The van der Waals surface area contributed by atoms with E-state index in [1.54, 1.807) is 0 Å². The predicted octanol–water partition coefficient (Wildman–Crippen LogP) is 3.29. The van der Waals surface area contributed by atoms with Crippen molar-refractivity contribution >= 4 is 17.3 Å². The number of hydrogen-bond donors (Lipinski definition) is 2. The molecule has 21 heavy (non-hydrogen) atoms. The lowest BCUT2D eigenvalue weighted by molar-refractivity contribution is -0.114. The number of nitrogens with one attached hydrogen (secondary N) is 2. The molecule has 2 rings (SSSR count). The van der Waals surface area contributed by atoms with Gasteiger partial charge in [0.05, 0.1) is 17.9 Å². The molecule has 3 nitrogen and oxygen atoms in total. The molecule has 0 atom stereocenters. The van der Waals surface area contributed by atoms with Crippen LogP contribution in [0.15, 0.2) is 36.4 Å². The molecule has 110 valence electrons. The lowest BCUT2D eigenvalue weighted by Crippen LogP contribution is -2.22. The first kappa shape index (κ1) is 14.8. The fourth-order valence-electron chi connectivity index (χ4n) is 1.59. The van der Waals surface area contributed by atoms with Gasteiger partial charge in [-0.1, -0.05) is 12.1 Å². The average molecular weight is 298 g/mol. The number of carbonyl (C=O) groups excluding carboxylic acids is 1. The van der Waals surface area contributed by atoms with Gasteiger partial charge in [0.15, 0.2) is 11.6 Å². The number of anilines is 2. The van der Waals surface area contributed by atoms with E-state index >= 15 is 0 Å². The number of benzene rings is 2. The first-order valence-corrected chi connectivity index (χ1v) is 5.90. The fraction of sp³-hybridized carbons (Fsp3) is 0.0714. The first-order valence-electron chi connectivity index (χ1n) is 5.90. The molecule has 2 N–H and O–H groups in total. The van der Waals surface area contributed by atoms with E-state index in [1.165, 1.54) is 18.2 Å². The molecule has 0 radical (unpaired) electrons. The van der Waals surface area contributed by atoms with Gasteiger partial charge in [0.1, 0.15) is 11.6 Å². The topological polar surface area (TPSA) is 41.1 Å². The Morgan fingerprint density at radius 2 is 1.52 bits per heavy atom. The molecule has 0 aliphatic carbocycles. The Bertz CT molecular complexity index is 676. The van der Waals surface area contributed by atoms with Gasteiger partial charge in [0.25, 0.3) is 0 Å². The highest BCUT2D eigenvalue weighted by atomic mass is 19.2. The third kappa shape index (κ3) is 3.71. The third-order valence-corrected chi connectivity index (χ3v) is 2.60. The Labute approximate surface area is 117 Å². The average Bonchev–Trinajstić information content (AvgIpc) is 2.44. The molecule has 0 fully saturated rings. The van der Waals surface area contributed by atoms with Gasteiger partial charge in [-0.25, -0.2) is 17.6 Å². The van der Waals surface area contributed by atoms with Gasteiger partial charge in [-0.15, -0.1) is 0 Å². The van der Waals surface area contributed by atoms with E-state index in [9.17, 15) is 22.4 Å². The van der Waals surface area contributed by atoms with Crippen molar-refractivity contribution in [2.45, 2.75) is 0 Å². The highest BCUT2D eigenvalue weighted by Crippen LogP contribution is 2.18. The minimum atomic E-state index is -1.33. The minimum Gasteiger partial charge on any atom is -0.374 e. The predicted molar refractivity (Wildman–Crippen MR) is 69.8 cm³/mol. The molecular weight excluding hydrogens is 288 g/mol. The number of carbonyl (C=O) groups is 1. The molecule has 0 aliphatic rings. The van der Waals surface area contributed by atoms with Crippen LogP contribution in [0.3, 0.4) is 0 Å². The van der Waals surface area contributed by atoms with Crippen LogP contribution in [0.1, 0.15) is 0 Å². The summed E-state index contributed by atoms with van der Waals surface area (Å²) in [5, 5.41) is 4.56. The maximum Gasteiger partial charge on any atom is 0.243 e. The van der Waals surface area contributed by atoms with Gasteiger partial charge in [0.2, 0.25) is 5.91 Å². The van der Waals surface area contributed by atoms with Crippen molar-refractivity contribution in [3.63, 3.8) is 0 Å². The van der Waals surface area contributed by atoms with Crippen LogP contribution in [0.25, 0.3) is 0 Å². The Balaban J connectivity index is 1.99. The maximum absolute atomic E-state index is 13.3. The van der Waals surface area contributed by atoms with Gasteiger partial charge < -0.3 is 10.6 Å². The second-order valence-corrected chi connectivity index (χ2v) is 4.13. The Morgan fingerprint density at radius 3 is 2.24 bits per heavy atom. The molecule has 2 aromatic carbocycles. The van der Waals surface area contributed by atoms with Crippen molar-refractivity contribution in [2.24, 2.45) is 0 Å². The van der Waals surface area contributed by atoms with Crippen molar-refractivity contribution in [3.05, 3.63) is 59.7 Å². The number of amides is 1. The highest BCUT2D eigenvalue weighted by molar-refractivity contribution is 5.93. The summed E-state index contributed by atoms with van der Waals surface area (Å²) < 4.78 is 52.3. The Kier molecular flexibility index (Phi) is 4.42. The van der Waals surface area contributed by atoms with Crippen molar-refractivity contribution < 1.29 is 22.4 Å². The molecule has 2 aromatic rings. The van der Waals surface area contributed by atoms with E-state index in [1.807, 2.05) is 0 Å². The molecule has 7 heteroatoms.